The molecule has 0 aromatic heterocycles. The van der Waals surface area contributed by atoms with Gasteiger partial charge in [0.1, 0.15) is 0 Å². The van der Waals surface area contributed by atoms with Gasteiger partial charge in [0.2, 0.25) is 0 Å². The first-order valence-electron chi connectivity index (χ1n) is 6.88. The minimum Gasteiger partial charge on any atom is -0.391 e. The lowest BCUT2D eigenvalue weighted by atomic mass is 9.91. The van der Waals surface area contributed by atoms with Crippen LogP contribution in [0.25, 0.3) is 0 Å². The van der Waals surface area contributed by atoms with Crippen molar-refractivity contribution in [3.8, 4) is 0 Å². The molecule has 3 atom stereocenters. The number of aliphatic hydroxyl groups excluding tert-OH is 1. The fourth-order valence-corrected chi connectivity index (χ4v) is 3.32. The second kappa shape index (κ2) is 6.64. The minimum atomic E-state index is -0.914. The molecule has 2 rings (SSSR count). The predicted octanol–water partition coefficient (Wildman–Crippen LogP) is 2.16. The van der Waals surface area contributed by atoms with Gasteiger partial charge in [0.15, 0.2) is 0 Å². The Morgan fingerprint density at radius 2 is 1.89 bits per heavy atom. The minimum absolute atomic E-state index is 0.193. The molecule has 0 amide bonds. The van der Waals surface area contributed by atoms with Gasteiger partial charge in [-0.15, -0.1) is 0 Å². The zero-order valence-corrected chi connectivity index (χ0v) is 12.5. The van der Waals surface area contributed by atoms with Gasteiger partial charge in [-0.2, -0.15) is 0 Å². The van der Waals surface area contributed by atoms with E-state index in [1.807, 2.05) is 24.3 Å². The molecule has 1 fully saturated rings. The first-order valence-corrected chi connectivity index (χ1v) is 8.44. The molecule has 1 N–H and O–H groups in total. The zero-order chi connectivity index (χ0) is 13.8. The van der Waals surface area contributed by atoms with Crippen molar-refractivity contribution < 1.29 is 9.32 Å². The third kappa shape index (κ3) is 3.88. The molecule has 3 unspecified atom stereocenters. The standard InChI is InChI=1S/C15H23NO2S/c1-16(14-5-3-4-6-15(14)17)11-12-7-9-13(10-8-12)19(2)18/h7-10,14-15,17H,3-6,11H2,1-2H3. The number of nitrogens with zero attached hydrogens (tertiary/aromatic N) is 1. The molecule has 0 aliphatic heterocycles. The second-order valence-electron chi connectivity index (χ2n) is 5.43. The Balaban J connectivity index is 1.97. The van der Waals surface area contributed by atoms with Crippen molar-refractivity contribution in [1.29, 1.82) is 0 Å². The summed E-state index contributed by atoms with van der Waals surface area (Å²) in [5.74, 6) is 0. The number of benzene rings is 1. The average molecular weight is 281 g/mol. The van der Waals surface area contributed by atoms with Crippen molar-refractivity contribution in [3.05, 3.63) is 29.8 Å². The van der Waals surface area contributed by atoms with Crippen LogP contribution in [0.1, 0.15) is 31.2 Å². The van der Waals surface area contributed by atoms with E-state index in [0.717, 1.165) is 30.7 Å². The molecular formula is C15H23NO2S. The molecule has 1 saturated carbocycles. The van der Waals surface area contributed by atoms with E-state index in [4.69, 9.17) is 0 Å². The van der Waals surface area contributed by atoms with Crippen molar-refractivity contribution in [2.45, 2.75) is 49.3 Å². The summed E-state index contributed by atoms with van der Waals surface area (Å²) in [6, 6.07) is 8.19. The van der Waals surface area contributed by atoms with Gasteiger partial charge in [0, 0.05) is 34.5 Å². The normalized spacial score (nSPS) is 25.5. The predicted molar refractivity (Wildman–Crippen MR) is 78.5 cm³/mol. The van der Waals surface area contributed by atoms with Gasteiger partial charge in [-0.1, -0.05) is 25.0 Å². The highest BCUT2D eigenvalue weighted by Crippen LogP contribution is 2.23. The monoisotopic (exact) mass is 281 g/mol. The van der Waals surface area contributed by atoms with Crippen LogP contribution in [-0.4, -0.2) is 39.7 Å². The van der Waals surface area contributed by atoms with Crippen LogP contribution in [0.15, 0.2) is 29.2 Å². The van der Waals surface area contributed by atoms with E-state index in [-0.39, 0.29) is 12.1 Å². The van der Waals surface area contributed by atoms with E-state index in [2.05, 4.69) is 11.9 Å². The first kappa shape index (κ1) is 14.7. The van der Waals surface area contributed by atoms with E-state index in [0.29, 0.717) is 0 Å². The lowest BCUT2D eigenvalue weighted by molar-refractivity contribution is 0.0288. The molecule has 0 heterocycles. The van der Waals surface area contributed by atoms with Crippen LogP contribution in [0.3, 0.4) is 0 Å². The number of aliphatic hydroxyl groups is 1. The third-order valence-electron chi connectivity index (χ3n) is 3.95. The Bertz CT molecular complexity index is 432. The van der Waals surface area contributed by atoms with Gasteiger partial charge in [0.25, 0.3) is 0 Å². The van der Waals surface area contributed by atoms with Crippen LogP contribution in [0.2, 0.25) is 0 Å². The summed E-state index contributed by atoms with van der Waals surface area (Å²) in [6.07, 6.45) is 5.85. The maximum absolute atomic E-state index is 11.3. The van der Waals surface area contributed by atoms with E-state index < -0.39 is 10.8 Å². The molecule has 0 radical (unpaired) electrons. The third-order valence-corrected chi connectivity index (χ3v) is 4.88. The lowest BCUT2D eigenvalue weighted by Gasteiger charge is -2.35. The maximum Gasteiger partial charge on any atom is 0.0695 e. The van der Waals surface area contributed by atoms with Crippen LogP contribution in [-0.2, 0) is 17.3 Å². The number of rotatable bonds is 4. The van der Waals surface area contributed by atoms with Gasteiger partial charge in [-0.3, -0.25) is 9.11 Å². The van der Waals surface area contributed by atoms with E-state index >= 15 is 0 Å². The highest BCUT2D eigenvalue weighted by Gasteiger charge is 2.26. The second-order valence-corrected chi connectivity index (χ2v) is 6.81. The summed E-state index contributed by atoms with van der Waals surface area (Å²) < 4.78 is 11.3. The molecule has 1 aromatic rings. The maximum atomic E-state index is 11.3. The quantitative estimate of drug-likeness (QED) is 0.919. The SMILES string of the molecule is CN(Cc1ccc(S(C)=O)cc1)C1CCCCC1O. The summed E-state index contributed by atoms with van der Waals surface area (Å²) in [5, 5.41) is 10.1. The molecule has 3 nitrogen and oxygen atoms in total. The van der Waals surface area contributed by atoms with Crippen LogP contribution < -0.4 is 0 Å². The zero-order valence-electron chi connectivity index (χ0n) is 11.7. The van der Waals surface area contributed by atoms with Crippen LogP contribution in [0, 0.1) is 0 Å². The summed E-state index contributed by atoms with van der Waals surface area (Å²) in [6.45, 7) is 0.832. The van der Waals surface area contributed by atoms with Crippen LogP contribution in [0.5, 0.6) is 0 Å². The molecule has 19 heavy (non-hydrogen) atoms. The molecule has 4 heteroatoms. The average Bonchev–Trinajstić information content (AvgIpc) is 2.39. The number of hydrogen-bond donors (Lipinski definition) is 1. The van der Waals surface area contributed by atoms with E-state index in [9.17, 15) is 9.32 Å². The van der Waals surface area contributed by atoms with Gasteiger partial charge >= 0.3 is 0 Å². The molecule has 1 aliphatic rings. The molecule has 1 aliphatic carbocycles. The van der Waals surface area contributed by atoms with Crippen molar-refractivity contribution in [3.63, 3.8) is 0 Å². The topological polar surface area (TPSA) is 40.5 Å². The Kier molecular flexibility index (Phi) is 5.13. The summed E-state index contributed by atoms with van der Waals surface area (Å²) >= 11 is 0. The van der Waals surface area contributed by atoms with E-state index in [1.165, 1.54) is 12.0 Å². The van der Waals surface area contributed by atoms with Crippen molar-refractivity contribution in [2.75, 3.05) is 13.3 Å². The lowest BCUT2D eigenvalue weighted by Crippen LogP contribution is -2.42. The summed E-state index contributed by atoms with van der Waals surface area (Å²) in [4.78, 5) is 3.10. The first-order chi connectivity index (χ1) is 9.08. The summed E-state index contributed by atoms with van der Waals surface area (Å²) in [5.41, 5.74) is 1.20. The van der Waals surface area contributed by atoms with Gasteiger partial charge in [0.05, 0.1) is 6.10 Å². The van der Waals surface area contributed by atoms with Gasteiger partial charge in [-0.05, 0) is 37.6 Å². The number of hydrogen-bond acceptors (Lipinski definition) is 3. The van der Waals surface area contributed by atoms with Crippen LogP contribution in [0.4, 0.5) is 0 Å². The fourth-order valence-electron chi connectivity index (χ4n) is 2.80. The highest BCUT2D eigenvalue weighted by molar-refractivity contribution is 7.84. The van der Waals surface area contributed by atoms with Crippen molar-refractivity contribution in [1.82, 2.24) is 4.90 Å². The van der Waals surface area contributed by atoms with Gasteiger partial charge < -0.3 is 5.11 Å². The molecule has 106 valence electrons. The van der Waals surface area contributed by atoms with Crippen LogP contribution >= 0.6 is 0 Å². The van der Waals surface area contributed by atoms with Crippen molar-refractivity contribution >= 4 is 10.8 Å². The Morgan fingerprint density at radius 1 is 1.26 bits per heavy atom. The molecule has 0 saturated heterocycles. The van der Waals surface area contributed by atoms with Crippen molar-refractivity contribution in [2.24, 2.45) is 0 Å². The van der Waals surface area contributed by atoms with E-state index in [1.54, 1.807) is 6.26 Å². The smallest absolute Gasteiger partial charge is 0.0695 e. The fraction of sp³-hybridized carbons (Fsp3) is 0.600. The van der Waals surface area contributed by atoms with Gasteiger partial charge in [-0.25, -0.2) is 0 Å². The molecule has 1 aromatic carbocycles. The Morgan fingerprint density at radius 3 is 2.47 bits per heavy atom. The molecule has 0 bridgehead atoms. The molecule has 0 spiro atoms. The molecular weight excluding hydrogens is 258 g/mol. The number of likely N-dealkylation sites (N-methyl/N-ethyl adjacent to an activating group) is 1. The Hall–Kier alpha value is -0.710. The summed E-state index contributed by atoms with van der Waals surface area (Å²) in [7, 11) is 1.16. The largest absolute Gasteiger partial charge is 0.391 e. The highest BCUT2D eigenvalue weighted by atomic mass is 32.2. The Labute approximate surface area is 118 Å².